The highest BCUT2D eigenvalue weighted by Gasteiger charge is 2.61. The smallest absolute Gasteiger partial charge is 0.335 e. The minimum atomic E-state index is -1.27. The van der Waals surface area contributed by atoms with Gasteiger partial charge in [-0.25, -0.2) is 9.69 Å². The molecule has 2 fully saturated rings. The van der Waals surface area contributed by atoms with Gasteiger partial charge in [0.15, 0.2) is 0 Å². The summed E-state index contributed by atoms with van der Waals surface area (Å²) >= 11 is 0. The van der Waals surface area contributed by atoms with Crippen LogP contribution in [0.5, 0.6) is 5.75 Å². The Labute approximate surface area is 170 Å². The zero-order valence-electron chi connectivity index (χ0n) is 15.8. The topological polar surface area (TPSA) is 133 Å². The lowest BCUT2D eigenvalue weighted by Crippen LogP contribution is -2.43. The number of aliphatic carboxylic acids is 1. The van der Waals surface area contributed by atoms with Gasteiger partial charge in [0, 0.05) is 11.6 Å². The summed E-state index contributed by atoms with van der Waals surface area (Å²) in [6.07, 6.45) is 0. The lowest BCUT2D eigenvalue weighted by Gasteiger charge is -2.22. The molecule has 9 heteroatoms. The predicted molar refractivity (Wildman–Crippen MR) is 103 cm³/mol. The molecule has 3 N–H and O–H groups in total. The standard InChI is InChI=1S/C21H18N2O7/c1-30-13-8-3-2-7-12(13)16-14-15(17(22-16)21(28)29)19(25)23(18(14)24)11-6-4-5-10(9-11)20(26)27/h2-9,14-17,22H,1H3,(H,26,27)(H,28,29). The van der Waals surface area contributed by atoms with Gasteiger partial charge in [0.2, 0.25) is 11.8 Å². The minimum absolute atomic E-state index is 0.0839. The number of ether oxygens (including phenoxy) is 1. The number of para-hydroxylation sites is 1. The SMILES string of the molecule is COc1ccccc1C1NC(C(=O)O)C2C(=O)N(c3cccc(C(=O)O)c3)C(=O)C12. The Hall–Kier alpha value is -3.72. The molecule has 0 radical (unpaired) electrons. The van der Waals surface area contributed by atoms with Gasteiger partial charge in [0.25, 0.3) is 0 Å². The van der Waals surface area contributed by atoms with Crippen LogP contribution in [0, 0.1) is 11.8 Å². The first-order valence-electron chi connectivity index (χ1n) is 9.18. The van der Waals surface area contributed by atoms with Gasteiger partial charge in [0.1, 0.15) is 11.8 Å². The molecule has 2 saturated heterocycles. The van der Waals surface area contributed by atoms with Crippen molar-refractivity contribution in [1.29, 1.82) is 0 Å². The first-order valence-corrected chi connectivity index (χ1v) is 9.18. The number of carbonyl (C=O) groups excluding carboxylic acids is 2. The van der Waals surface area contributed by atoms with Crippen molar-refractivity contribution in [1.82, 2.24) is 5.32 Å². The average molecular weight is 410 g/mol. The third kappa shape index (κ3) is 2.91. The molecule has 2 aliphatic heterocycles. The summed E-state index contributed by atoms with van der Waals surface area (Å²) in [5, 5.41) is 21.8. The number of hydrogen-bond acceptors (Lipinski definition) is 6. The summed E-state index contributed by atoms with van der Waals surface area (Å²) in [6.45, 7) is 0. The van der Waals surface area contributed by atoms with Gasteiger partial charge in [-0.15, -0.1) is 0 Å². The number of anilines is 1. The van der Waals surface area contributed by atoms with E-state index in [1.807, 2.05) is 0 Å². The van der Waals surface area contributed by atoms with Crippen molar-refractivity contribution in [3.05, 3.63) is 59.7 Å². The molecule has 0 bridgehead atoms. The van der Waals surface area contributed by atoms with Crippen LogP contribution < -0.4 is 15.0 Å². The lowest BCUT2D eigenvalue weighted by atomic mass is 9.86. The second-order valence-electron chi connectivity index (χ2n) is 7.12. The van der Waals surface area contributed by atoms with Crippen molar-refractivity contribution >= 4 is 29.4 Å². The fraction of sp³-hybridized carbons (Fsp3) is 0.238. The van der Waals surface area contributed by atoms with Crippen molar-refractivity contribution in [3.8, 4) is 5.75 Å². The molecule has 2 heterocycles. The van der Waals surface area contributed by atoms with E-state index in [0.717, 1.165) is 4.90 Å². The summed E-state index contributed by atoms with van der Waals surface area (Å²) in [5.41, 5.74) is 0.586. The number of methoxy groups -OCH3 is 1. The molecule has 4 rings (SSSR count). The monoisotopic (exact) mass is 410 g/mol. The molecule has 0 aliphatic carbocycles. The third-order valence-electron chi connectivity index (χ3n) is 5.57. The molecule has 4 atom stereocenters. The average Bonchev–Trinajstić information content (AvgIpc) is 3.25. The fourth-order valence-corrected chi connectivity index (χ4v) is 4.28. The van der Waals surface area contributed by atoms with E-state index in [0.29, 0.717) is 11.3 Å². The maximum atomic E-state index is 13.3. The Balaban J connectivity index is 1.80. The van der Waals surface area contributed by atoms with Crippen molar-refractivity contribution in [2.24, 2.45) is 11.8 Å². The fourth-order valence-electron chi connectivity index (χ4n) is 4.28. The highest BCUT2D eigenvalue weighted by atomic mass is 16.5. The number of aromatic carboxylic acids is 1. The number of nitrogens with one attached hydrogen (secondary N) is 1. The Morgan fingerprint density at radius 2 is 1.70 bits per heavy atom. The predicted octanol–water partition coefficient (Wildman–Crippen LogP) is 1.30. The number of hydrogen-bond donors (Lipinski definition) is 3. The highest BCUT2D eigenvalue weighted by Crippen LogP contribution is 2.47. The van der Waals surface area contributed by atoms with Gasteiger partial charge in [0.05, 0.1) is 30.2 Å². The number of amides is 2. The summed E-state index contributed by atoms with van der Waals surface area (Å²) in [4.78, 5) is 50.5. The van der Waals surface area contributed by atoms with E-state index in [1.165, 1.54) is 31.4 Å². The number of carboxylic acids is 2. The number of benzene rings is 2. The zero-order chi connectivity index (χ0) is 21.6. The summed E-state index contributed by atoms with van der Waals surface area (Å²) in [5.74, 6) is -5.34. The van der Waals surface area contributed by atoms with Crippen LogP contribution in [0.4, 0.5) is 5.69 Å². The molecule has 9 nitrogen and oxygen atoms in total. The van der Waals surface area contributed by atoms with E-state index in [4.69, 9.17) is 4.74 Å². The van der Waals surface area contributed by atoms with E-state index in [1.54, 1.807) is 24.3 Å². The van der Waals surface area contributed by atoms with Crippen LogP contribution in [0.25, 0.3) is 0 Å². The number of imide groups is 1. The number of carboxylic acid groups (broad SMARTS) is 2. The van der Waals surface area contributed by atoms with E-state index in [9.17, 15) is 29.4 Å². The Bertz CT molecular complexity index is 1070. The molecule has 2 aromatic carbocycles. The molecule has 154 valence electrons. The molecule has 0 saturated carbocycles. The number of nitrogens with zero attached hydrogens (tertiary/aromatic N) is 1. The van der Waals surface area contributed by atoms with Gasteiger partial charge in [-0.05, 0) is 24.3 Å². The van der Waals surface area contributed by atoms with Crippen LogP contribution in [-0.4, -0.2) is 47.1 Å². The third-order valence-corrected chi connectivity index (χ3v) is 5.57. The molecular formula is C21H18N2O7. The minimum Gasteiger partial charge on any atom is -0.496 e. The van der Waals surface area contributed by atoms with Crippen LogP contribution in [0.2, 0.25) is 0 Å². The summed E-state index contributed by atoms with van der Waals surface area (Å²) < 4.78 is 5.36. The molecule has 0 spiro atoms. The van der Waals surface area contributed by atoms with Crippen LogP contribution in [0.15, 0.2) is 48.5 Å². The van der Waals surface area contributed by atoms with Crippen LogP contribution in [0.1, 0.15) is 22.0 Å². The van der Waals surface area contributed by atoms with Gasteiger partial charge in [-0.1, -0.05) is 24.3 Å². The zero-order valence-corrected chi connectivity index (χ0v) is 15.8. The van der Waals surface area contributed by atoms with E-state index in [-0.39, 0.29) is 11.3 Å². The molecule has 2 amide bonds. The van der Waals surface area contributed by atoms with Crippen LogP contribution in [0.3, 0.4) is 0 Å². The van der Waals surface area contributed by atoms with Crippen LogP contribution >= 0.6 is 0 Å². The molecule has 0 aromatic heterocycles. The van der Waals surface area contributed by atoms with Crippen molar-refractivity contribution in [2.75, 3.05) is 12.0 Å². The first-order chi connectivity index (χ1) is 14.3. The molecule has 4 unspecified atom stereocenters. The van der Waals surface area contributed by atoms with E-state index < -0.39 is 47.7 Å². The van der Waals surface area contributed by atoms with Gasteiger partial charge in [-0.3, -0.25) is 19.7 Å². The maximum absolute atomic E-state index is 13.3. The second-order valence-corrected chi connectivity index (χ2v) is 7.12. The Morgan fingerprint density at radius 3 is 2.37 bits per heavy atom. The Morgan fingerprint density at radius 1 is 1.00 bits per heavy atom. The Kier molecular flexibility index (Phi) is 4.75. The van der Waals surface area contributed by atoms with Crippen molar-refractivity contribution in [3.63, 3.8) is 0 Å². The summed E-state index contributed by atoms with van der Waals surface area (Å²) in [7, 11) is 1.46. The number of fused-ring (bicyclic) bond motifs is 1. The normalized spacial score (nSPS) is 25.3. The first kappa shape index (κ1) is 19.6. The lowest BCUT2D eigenvalue weighted by molar-refractivity contribution is -0.142. The molecular weight excluding hydrogens is 392 g/mol. The van der Waals surface area contributed by atoms with E-state index >= 15 is 0 Å². The summed E-state index contributed by atoms with van der Waals surface area (Å²) in [6, 6.07) is 10.3. The van der Waals surface area contributed by atoms with E-state index in [2.05, 4.69) is 5.32 Å². The largest absolute Gasteiger partial charge is 0.496 e. The van der Waals surface area contributed by atoms with Crippen LogP contribution in [-0.2, 0) is 14.4 Å². The molecule has 30 heavy (non-hydrogen) atoms. The van der Waals surface area contributed by atoms with Crippen molar-refractivity contribution in [2.45, 2.75) is 12.1 Å². The van der Waals surface area contributed by atoms with Gasteiger partial charge >= 0.3 is 11.9 Å². The molecule has 2 aliphatic rings. The quantitative estimate of drug-likeness (QED) is 0.628. The number of rotatable bonds is 5. The second kappa shape index (κ2) is 7.27. The molecule has 2 aromatic rings. The highest BCUT2D eigenvalue weighted by molar-refractivity contribution is 6.24. The van der Waals surface area contributed by atoms with Gasteiger partial charge < -0.3 is 14.9 Å². The number of carbonyl (C=O) groups is 4. The van der Waals surface area contributed by atoms with Crippen molar-refractivity contribution < 1.29 is 34.1 Å². The maximum Gasteiger partial charge on any atom is 0.335 e. The van der Waals surface area contributed by atoms with Gasteiger partial charge in [-0.2, -0.15) is 0 Å².